The molecule has 3 aromatic rings. The molecule has 0 saturated carbocycles. The van der Waals surface area contributed by atoms with E-state index >= 15 is 0 Å². The minimum atomic E-state index is -1.11. The summed E-state index contributed by atoms with van der Waals surface area (Å²) in [7, 11) is 0. The van der Waals surface area contributed by atoms with Crippen LogP contribution in [0.3, 0.4) is 0 Å². The van der Waals surface area contributed by atoms with Crippen molar-refractivity contribution >= 4 is 22.8 Å². The molecule has 0 saturated heterocycles. The molecule has 3 rings (SSSR count). The van der Waals surface area contributed by atoms with Gasteiger partial charge in [-0.15, -0.1) is 0 Å². The van der Waals surface area contributed by atoms with Gasteiger partial charge in [0.1, 0.15) is 5.69 Å². The Labute approximate surface area is 144 Å². The van der Waals surface area contributed by atoms with Crippen LogP contribution in [-0.2, 0) is 16.0 Å². The van der Waals surface area contributed by atoms with E-state index in [2.05, 4.69) is 10.5 Å². The summed E-state index contributed by atoms with van der Waals surface area (Å²) >= 11 is 0. The minimum absolute atomic E-state index is 0.0491. The Morgan fingerprint density at radius 3 is 2.60 bits per heavy atom. The number of amides is 1. The largest absolute Gasteiger partial charge is 0.479 e. The molecule has 25 heavy (non-hydrogen) atoms. The molecule has 0 aliphatic heterocycles. The third-order valence-corrected chi connectivity index (χ3v) is 3.99. The van der Waals surface area contributed by atoms with Crippen molar-refractivity contribution in [1.29, 1.82) is 0 Å². The highest BCUT2D eigenvalue weighted by molar-refractivity contribution is 5.90. The Morgan fingerprint density at radius 2 is 1.92 bits per heavy atom. The molecule has 2 N–H and O–H groups in total. The smallest absolute Gasteiger partial charge is 0.330 e. The SMILES string of the molecule is Cc1cc(C)c2onc(CC(=O)N[C@H](C(=O)O)c3ccccc3)c2c1. The summed E-state index contributed by atoms with van der Waals surface area (Å²) in [6, 6.07) is 11.4. The molecule has 6 nitrogen and oxygen atoms in total. The number of hydrogen-bond acceptors (Lipinski definition) is 4. The Hall–Kier alpha value is -3.15. The molecular formula is C19H18N2O4. The number of hydrogen-bond donors (Lipinski definition) is 2. The van der Waals surface area contributed by atoms with Crippen molar-refractivity contribution in [2.75, 3.05) is 0 Å². The van der Waals surface area contributed by atoms with Gasteiger partial charge in [-0.05, 0) is 36.6 Å². The van der Waals surface area contributed by atoms with Crippen molar-refractivity contribution in [3.05, 3.63) is 64.8 Å². The zero-order valence-electron chi connectivity index (χ0n) is 13.9. The molecule has 0 unspecified atom stereocenters. The lowest BCUT2D eigenvalue weighted by Crippen LogP contribution is -2.34. The third-order valence-electron chi connectivity index (χ3n) is 3.99. The number of rotatable bonds is 5. The van der Waals surface area contributed by atoms with Gasteiger partial charge in [0.25, 0.3) is 0 Å². The molecule has 0 radical (unpaired) electrons. The molecule has 2 aromatic carbocycles. The number of carbonyl (C=O) groups excluding carboxylic acids is 1. The molecule has 0 aliphatic carbocycles. The first-order valence-corrected chi connectivity index (χ1v) is 7.88. The minimum Gasteiger partial charge on any atom is -0.479 e. The fourth-order valence-electron chi connectivity index (χ4n) is 2.86. The van der Waals surface area contributed by atoms with Gasteiger partial charge in [-0.3, -0.25) is 4.79 Å². The van der Waals surface area contributed by atoms with E-state index in [1.165, 1.54) is 0 Å². The summed E-state index contributed by atoms with van der Waals surface area (Å²) < 4.78 is 5.33. The van der Waals surface area contributed by atoms with Crippen LogP contribution < -0.4 is 5.32 Å². The van der Waals surface area contributed by atoms with Crippen LogP contribution in [0.4, 0.5) is 0 Å². The number of nitrogens with zero attached hydrogens (tertiary/aromatic N) is 1. The second kappa shape index (κ2) is 6.76. The molecule has 1 aromatic heterocycles. The van der Waals surface area contributed by atoms with E-state index in [1.807, 2.05) is 26.0 Å². The first-order valence-electron chi connectivity index (χ1n) is 7.88. The monoisotopic (exact) mass is 338 g/mol. The maximum Gasteiger partial charge on any atom is 0.330 e. The van der Waals surface area contributed by atoms with Crippen LogP contribution in [0.25, 0.3) is 11.0 Å². The van der Waals surface area contributed by atoms with Crippen molar-refractivity contribution in [3.8, 4) is 0 Å². The molecular weight excluding hydrogens is 320 g/mol. The quantitative estimate of drug-likeness (QED) is 0.746. The first-order chi connectivity index (χ1) is 12.0. The van der Waals surface area contributed by atoms with Gasteiger partial charge in [0, 0.05) is 5.39 Å². The maximum absolute atomic E-state index is 12.4. The van der Waals surface area contributed by atoms with E-state index in [1.54, 1.807) is 30.3 Å². The third kappa shape index (κ3) is 3.52. The highest BCUT2D eigenvalue weighted by Crippen LogP contribution is 2.24. The van der Waals surface area contributed by atoms with Crippen molar-refractivity contribution < 1.29 is 19.2 Å². The predicted molar refractivity (Wildman–Crippen MR) is 92.1 cm³/mol. The van der Waals surface area contributed by atoms with Crippen LogP contribution in [0.5, 0.6) is 0 Å². The Morgan fingerprint density at radius 1 is 1.20 bits per heavy atom. The zero-order chi connectivity index (χ0) is 18.0. The normalized spacial score (nSPS) is 12.1. The van der Waals surface area contributed by atoms with Crippen molar-refractivity contribution in [2.24, 2.45) is 0 Å². The molecule has 0 fully saturated rings. The van der Waals surface area contributed by atoms with Crippen LogP contribution in [0.15, 0.2) is 47.0 Å². The topological polar surface area (TPSA) is 92.4 Å². The van der Waals surface area contributed by atoms with E-state index in [9.17, 15) is 14.7 Å². The van der Waals surface area contributed by atoms with Gasteiger partial charge in [0.2, 0.25) is 5.91 Å². The lowest BCUT2D eigenvalue weighted by atomic mass is 10.0. The highest BCUT2D eigenvalue weighted by atomic mass is 16.5. The molecule has 128 valence electrons. The average molecular weight is 338 g/mol. The van der Waals surface area contributed by atoms with Crippen LogP contribution in [-0.4, -0.2) is 22.1 Å². The Balaban J connectivity index is 1.81. The second-order valence-corrected chi connectivity index (χ2v) is 6.01. The number of aromatic nitrogens is 1. The predicted octanol–water partition coefficient (Wildman–Crippen LogP) is 2.93. The van der Waals surface area contributed by atoms with Gasteiger partial charge in [-0.25, -0.2) is 4.79 Å². The Kier molecular flexibility index (Phi) is 4.52. The van der Waals surface area contributed by atoms with E-state index in [0.717, 1.165) is 16.5 Å². The standard InChI is InChI=1S/C19H18N2O4/c1-11-8-12(2)18-14(9-11)15(21-25-18)10-16(22)20-17(19(23)24)13-6-4-3-5-7-13/h3-9,17H,10H2,1-2H3,(H,20,22)(H,23,24)/t17-/m0/s1. The van der Waals surface area contributed by atoms with E-state index < -0.39 is 17.9 Å². The molecule has 0 aliphatic rings. The van der Waals surface area contributed by atoms with Gasteiger partial charge in [-0.1, -0.05) is 41.6 Å². The summed E-state index contributed by atoms with van der Waals surface area (Å²) in [5.41, 5.74) is 3.65. The number of carboxylic acid groups (broad SMARTS) is 1. The number of fused-ring (bicyclic) bond motifs is 1. The van der Waals surface area contributed by atoms with Gasteiger partial charge < -0.3 is 14.9 Å². The highest BCUT2D eigenvalue weighted by Gasteiger charge is 2.23. The Bertz CT molecular complexity index is 931. The maximum atomic E-state index is 12.4. The number of nitrogens with one attached hydrogen (secondary N) is 1. The lowest BCUT2D eigenvalue weighted by Gasteiger charge is -2.14. The number of aryl methyl sites for hydroxylation is 2. The lowest BCUT2D eigenvalue weighted by molar-refractivity contribution is -0.142. The number of aliphatic carboxylic acids is 1. The summed E-state index contributed by atoms with van der Waals surface area (Å²) in [6.07, 6.45) is -0.0491. The molecule has 6 heteroatoms. The van der Waals surface area contributed by atoms with Crippen LogP contribution >= 0.6 is 0 Å². The van der Waals surface area contributed by atoms with E-state index in [4.69, 9.17) is 4.52 Å². The molecule has 0 spiro atoms. The summed E-state index contributed by atoms with van der Waals surface area (Å²) in [4.78, 5) is 23.8. The van der Waals surface area contributed by atoms with Crippen molar-refractivity contribution in [3.63, 3.8) is 0 Å². The summed E-state index contributed by atoms with van der Waals surface area (Å²) in [5.74, 6) is -1.54. The molecule has 1 heterocycles. The van der Waals surface area contributed by atoms with Crippen LogP contribution in [0, 0.1) is 13.8 Å². The molecule has 0 bridgehead atoms. The van der Waals surface area contributed by atoms with Gasteiger partial charge in [0.15, 0.2) is 11.6 Å². The number of carbonyl (C=O) groups is 2. The van der Waals surface area contributed by atoms with Gasteiger partial charge in [-0.2, -0.15) is 0 Å². The molecule has 1 atom stereocenters. The number of benzene rings is 2. The fourth-order valence-corrected chi connectivity index (χ4v) is 2.86. The fraction of sp³-hybridized carbons (Fsp3) is 0.211. The first kappa shape index (κ1) is 16.7. The second-order valence-electron chi connectivity index (χ2n) is 6.01. The van der Waals surface area contributed by atoms with Gasteiger partial charge >= 0.3 is 5.97 Å². The molecule has 1 amide bonds. The zero-order valence-corrected chi connectivity index (χ0v) is 13.9. The van der Waals surface area contributed by atoms with E-state index in [-0.39, 0.29) is 6.42 Å². The van der Waals surface area contributed by atoms with Gasteiger partial charge in [0.05, 0.1) is 6.42 Å². The van der Waals surface area contributed by atoms with Crippen molar-refractivity contribution in [2.45, 2.75) is 26.3 Å². The van der Waals surface area contributed by atoms with Crippen LogP contribution in [0.1, 0.15) is 28.4 Å². The average Bonchev–Trinajstić information content (AvgIpc) is 2.96. The van der Waals surface area contributed by atoms with E-state index in [0.29, 0.717) is 16.8 Å². The summed E-state index contributed by atoms with van der Waals surface area (Å²) in [6.45, 7) is 3.87. The van der Waals surface area contributed by atoms with Crippen molar-refractivity contribution in [1.82, 2.24) is 10.5 Å². The summed E-state index contributed by atoms with van der Waals surface area (Å²) in [5, 5.41) is 16.7. The number of carboxylic acids is 1. The van der Waals surface area contributed by atoms with Crippen LogP contribution in [0.2, 0.25) is 0 Å².